The van der Waals surface area contributed by atoms with Crippen molar-refractivity contribution in [2.75, 3.05) is 31.0 Å². The first-order valence-electron chi connectivity index (χ1n) is 10.8. The number of halogens is 1. The van der Waals surface area contributed by atoms with E-state index in [0.717, 1.165) is 12.1 Å². The lowest BCUT2D eigenvalue weighted by Crippen LogP contribution is -2.28. The Morgan fingerprint density at radius 3 is 2.42 bits per heavy atom. The maximum atomic E-state index is 13.7. The van der Waals surface area contributed by atoms with Gasteiger partial charge in [0.05, 0.1) is 30.7 Å². The van der Waals surface area contributed by atoms with Gasteiger partial charge >= 0.3 is 5.69 Å². The highest BCUT2D eigenvalue weighted by Crippen LogP contribution is 2.35. The standard InChI is InChI=1S/C25H22FN3O7/c1-34-18-5-7-19(8-6-18)36-23-12-16(3-10-22(23)35-2)27-25(31)15-11-24(30)28(14-15)17-4-9-20(26)21(13-17)29(32)33/h3-10,12-13,15H,11,14H2,1-2H3,(H,27,31). The van der Waals surface area contributed by atoms with Crippen LogP contribution in [-0.2, 0) is 9.59 Å². The van der Waals surface area contributed by atoms with Crippen LogP contribution in [0.15, 0.2) is 60.7 Å². The lowest BCUT2D eigenvalue weighted by Gasteiger charge is -2.17. The highest BCUT2D eigenvalue weighted by Gasteiger charge is 2.36. The summed E-state index contributed by atoms with van der Waals surface area (Å²) in [5.74, 6) is -0.509. The van der Waals surface area contributed by atoms with Crippen LogP contribution < -0.4 is 24.4 Å². The molecule has 0 aromatic heterocycles. The van der Waals surface area contributed by atoms with Gasteiger partial charge in [0.15, 0.2) is 11.5 Å². The lowest BCUT2D eigenvalue weighted by molar-refractivity contribution is -0.387. The minimum Gasteiger partial charge on any atom is -0.497 e. The molecule has 1 N–H and O–H groups in total. The Kier molecular flexibility index (Phi) is 7.00. The van der Waals surface area contributed by atoms with E-state index >= 15 is 0 Å². The summed E-state index contributed by atoms with van der Waals surface area (Å²) in [6.07, 6.45) is -0.0949. The monoisotopic (exact) mass is 495 g/mol. The summed E-state index contributed by atoms with van der Waals surface area (Å²) in [5, 5.41) is 13.8. The molecule has 0 aliphatic carbocycles. The molecule has 0 bridgehead atoms. The van der Waals surface area contributed by atoms with Crippen LogP contribution in [0.3, 0.4) is 0 Å². The number of ether oxygens (including phenoxy) is 3. The number of nitro groups is 1. The van der Waals surface area contributed by atoms with Crippen molar-refractivity contribution in [3.63, 3.8) is 0 Å². The van der Waals surface area contributed by atoms with Crippen LogP contribution in [0.2, 0.25) is 0 Å². The minimum absolute atomic E-state index is 0.00118. The predicted molar refractivity (Wildman–Crippen MR) is 128 cm³/mol. The topological polar surface area (TPSA) is 120 Å². The SMILES string of the molecule is COc1ccc(Oc2cc(NC(=O)C3CC(=O)N(c4ccc(F)c([N+](=O)[O-])c4)C3)ccc2OC)cc1. The van der Waals surface area contributed by atoms with Gasteiger partial charge in [0, 0.05) is 30.8 Å². The Hall–Kier alpha value is -4.67. The molecule has 3 aromatic carbocycles. The van der Waals surface area contributed by atoms with Gasteiger partial charge in [0.25, 0.3) is 0 Å². The molecule has 3 aromatic rings. The van der Waals surface area contributed by atoms with Gasteiger partial charge in [-0.1, -0.05) is 0 Å². The molecule has 1 atom stereocenters. The molecule has 1 fully saturated rings. The van der Waals surface area contributed by atoms with Crippen molar-refractivity contribution in [1.82, 2.24) is 0 Å². The average molecular weight is 495 g/mol. The second-order valence-electron chi connectivity index (χ2n) is 7.93. The van der Waals surface area contributed by atoms with Crippen LogP contribution >= 0.6 is 0 Å². The van der Waals surface area contributed by atoms with Crippen LogP contribution in [0.25, 0.3) is 0 Å². The number of hydrogen-bond acceptors (Lipinski definition) is 7. The van der Waals surface area contributed by atoms with Crippen molar-refractivity contribution in [3.05, 3.63) is 76.6 Å². The number of carbonyl (C=O) groups excluding carboxylic acids is 2. The molecule has 36 heavy (non-hydrogen) atoms. The van der Waals surface area contributed by atoms with Gasteiger partial charge in [-0.05, 0) is 48.5 Å². The molecular weight excluding hydrogens is 473 g/mol. The van der Waals surface area contributed by atoms with Crippen LogP contribution in [-0.4, -0.2) is 37.5 Å². The number of nitrogens with one attached hydrogen (secondary N) is 1. The fourth-order valence-corrected chi connectivity index (χ4v) is 3.79. The fraction of sp³-hybridized carbons (Fsp3) is 0.200. The molecule has 186 valence electrons. The summed E-state index contributed by atoms with van der Waals surface area (Å²) in [6, 6.07) is 15.0. The van der Waals surface area contributed by atoms with E-state index < -0.39 is 34.2 Å². The fourth-order valence-electron chi connectivity index (χ4n) is 3.79. The minimum atomic E-state index is -1.00. The molecule has 1 aliphatic heterocycles. The Labute approximate surface area is 205 Å². The zero-order valence-electron chi connectivity index (χ0n) is 19.4. The number of carbonyl (C=O) groups is 2. The van der Waals surface area contributed by atoms with Crippen LogP contribution in [0.5, 0.6) is 23.0 Å². The molecule has 1 saturated heterocycles. The largest absolute Gasteiger partial charge is 0.497 e. The molecular formula is C25H22FN3O7. The summed E-state index contributed by atoms with van der Waals surface area (Å²) in [6.45, 7) is -0.00118. The Balaban J connectivity index is 1.47. The van der Waals surface area contributed by atoms with Crippen molar-refractivity contribution in [3.8, 4) is 23.0 Å². The van der Waals surface area contributed by atoms with Crippen LogP contribution in [0.1, 0.15) is 6.42 Å². The third-order valence-electron chi connectivity index (χ3n) is 5.65. The Bertz CT molecular complexity index is 1310. The number of nitro benzene ring substituents is 1. The number of nitrogens with zero attached hydrogens (tertiary/aromatic N) is 2. The van der Waals surface area contributed by atoms with Gasteiger partial charge < -0.3 is 24.4 Å². The molecule has 10 nitrogen and oxygen atoms in total. The maximum absolute atomic E-state index is 13.7. The second-order valence-corrected chi connectivity index (χ2v) is 7.93. The van der Waals surface area contributed by atoms with E-state index in [0.29, 0.717) is 28.7 Å². The van der Waals surface area contributed by atoms with Gasteiger partial charge in [-0.3, -0.25) is 19.7 Å². The van der Waals surface area contributed by atoms with Crippen LogP contribution in [0.4, 0.5) is 21.5 Å². The van der Waals surface area contributed by atoms with Gasteiger partial charge in [-0.25, -0.2) is 0 Å². The first kappa shape index (κ1) is 24.5. The van der Waals surface area contributed by atoms with E-state index in [1.807, 2.05) is 0 Å². The summed E-state index contributed by atoms with van der Waals surface area (Å²) in [7, 11) is 3.05. The molecule has 2 amide bonds. The summed E-state index contributed by atoms with van der Waals surface area (Å²) >= 11 is 0. The molecule has 0 radical (unpaired) electrons. The number of rotatable bonds is 8. The Morgan fingerprint density at radius 1 is 1.03 bits per heavy atom. The summed E-state index contributed by atoms with van der Waals surface area (Å²) < 4.78 is 30.1. The molecule has 1 unspecified atom stereocenters. The molecule has 4 rings (SSSR count). The van der Waals surface area contributed by atoms with Crippen molar-refractivity contribution < 1.29 is 33.1 Å². The smallest absolute Gasteiger partial charge is 0.306 e. The highest BCUT2D eigenvalue weighted by atomic mass is 19.1. The number of benzene rings is 3. The van der Waals surface area contributed by atoms with Gasteiger partial charge in [-0.2, -0.15) is 4.39 Å². The van der Waals surface area contributed by atoms with E-state index in [1.165, 1.54) is 18.1 Å². The number of hydrogen-bond donors (Lipinski definition) is 1. The molecule has 1 aliphatic rings. The maximum Gasteiger partial charge on any atom is 0.306 e. The average Bonchev–Trinajstić information content (AvgIpc) is 3.26. The first-order chi connectivity index (χ1) is 17.3. The third kappa shape index (κ3) is 5.19. The Morgan fingerprint density at radius 2 is 1.75 bits per heavy atom. The molecule has 0 saturated carbocycles. The van der Waals surface area contributed by atoms with Crippen LogP contribution in [0, 0.1) is 21.8 Å². The zero-order chi connectivity index (χ0) is 25.8. The molecule has 0 spiro atoms. The van der Waals surface area contributed by atoms with Gasteiger partial charge in [0.2, 0.25) is 17.6 Å². The van der Waals surface area contributed by atoms with Crippen molar-refractivity contribution in [1.29, 1.82) is 0 Å². The van der Waals surface area contributed by atoms with E-state index in [-0.39, 0.29) is 18.7 Å². The van der Waals surface area contributed by atoms with Crippen molar-refractivity contribution in [2.45, 2.75) is 6.42 Å². The van der Waals surface area contributed by atoms with Gasteiger partial charge in [0.1, 0.15) is 11.5 Å². The molecule has 1 heterocycles. The quantitative estimate of drug-likeness (QED) is 0.360. The number of methoxy groups -OCH3 is 2. The molecule has 11 heteroatoms. The predicted octanol–water partition coefficient (Wildman–Crippen LogP) is 4.54. The van der Waals surface area contributed by atoms with E-state index in [1.54, 1.807) is 49.6 Å². The summed E-state index contributed by atoms with van der Waals surface area (Å²) in [5.41, 5.74) is -0.161. The summed E-state index contributed by atoms with van der Waals surface area (Å²) in [4.78, 5) is 36.9. The normalized spacial score (nSPS) is 14.9. The number of amides is 2. The van der Waals surface area contributed by atoms with Crippen molar-refractivity contribution >= 4 is 28.9 Å². The third-order valence-corrected chi connectivity index (χ3v) is 5.65. The number of anilines is 2. The van der Waals surface area contributed by atoms with E-state index in [4.69, 9.17) is 14.2 Å². The zero-order valence-corrected chi connectivity index (χ0v) is 19.4. The van der Waals surface area contributed by atoms with E-state index in [2.05, 4.69) is 5.32 Å². The van der Waals surface area contributed by atoms with Gasteiger partial charge in [-0.15, -0.1) is 0 Å². The van der Waals surface area contributed by atoms with E-state index in [9.17, 15) is 24.1 Å². The second kappa shape index (κ2) is 10.3. The first-order valence-corrected chi connectivity index (χ1v) is 10.8. The lowest BCUT2D eigenvalue weighted by atomic mass is 10.1. The highest BCUT2D eigenvalue weighted by molar-refractivity contribution is 6.03. The van der Waals surface area contributed by atoms with Crippen molar-refractivity contribution in [2.24, 2.45) is 5.92 Å².